The summed E-state index contributed by atoms with van der Waals surface area (Å²) in [5, 5.41) is 4.52. The minimum absolute atomic E-state index is 0.513. The van der Waals surface area contributed by atoms with Gasteiger partial charge >= 0.3 is 0 Å². The van der Waals surface area contributed by atoms with Crippen molar-refractivity contribution in [1.82, 2.24) is 10.3 Å². The summed E-state index contributed by atoms with van der Waals surface area (Å²) in [6, 6.07) is 9.21. The molecule has 0 atom stereocenters. The van der Waals surface area contributed by atoms with E-state index in [1.54, 1.807) is 11.3 Å². The minimum atomic E-state index is 0.513. The van der Waals surface area contributed by atoms with E-state index in [2.05, 4.69) is 55.3 Å². The maximum atomic E-state index is 4.50. The summed E-state index contributed by atoms with van der Waals surface area (Å²) >= 11 is 1.77. The van der Waals surface area contributed by atoms with Crippen LogP contribution in [0.4, 0.5) is 0 Å². The average molecular weight is 260 g/mol. The predicted molar refractivity (Wildman–Crippen MR) is 78.9 cm³/mol. The van der Waals surface area contributed by atoms with Gasteiger partial charge < -0.3 is 5.32 Å². The summed E-state index contributed by atoms with van der Waals surface area (Å²) in [5.74, 6) is 0. The Kier molecular flexibility index (Phi) is 4.50. The first-order valence-electron chi connectivity index (χ1n) is 6.46. The van der Waals surface area contributed by atoms with E-state index < -0.39 is 0 Å². The molecule has 0 radical (unpaired) electrons. The molecule has 1 aromatic carbocycles. The van der Waals surface area contributed by atoms with Gasteiger partial charge in [-0.2, -0.15) is 0 Å². The number of hydrogen-bond acceptors (Lipinski definition) is 3. The molecule has 0 aliphatic carbocycles. The Hall–Kier alpha value is -1.19. The summed E-state index contributed by atoms with van der Waals surface area (Å²) < 4.78 is 0. The number of thiazole rings is 1. The van der Waals surface area contributed by atoms with Crippen molar-refractivity contribution in [2.24, 2.45) is 0 Å². The second-order valence-electron chi connectivity index (χ2n) is 4.72. The number of nitrogens with one attached hydrogen (secondary N) is 1. The van der Waals surface area contributed by atoms with Crippen molar-refractivity contribution in [3.63, 3.8) is 0 Å². The molecule has 0 unspecified atom stereocenters. The fourth-order valence-electron chi connectivity index (χ4n) is 1.71. The monoisotopic (exact) mass is 260 g/mol. The lowest BCUT2D eigenvalue weighted by atomic mass is 10.1. The fourth-order valence-corrected chi connectivity index (χ4v) is 2.58. The molecule has 0 fully saturated rings. The number of aromatic nitrogens is 1. The molecule has 1 aromatic heterocycles. The van der Waals surface area contributed by atoms with Crippen molar-refractivity contribution in [3.8, 4) is 10.6 Å². The third-order valence-corrected chi connectivity index (χ3v) is 3.89. The van der Waals surface area contributed by atoms with E-state index in [1.165, 1.54) is 16.0 Å². The van der Waals surface area contributed by atoms with Crippen LogP contribution in [0.15, 0.2) is 30.5 Å². The van der Waals surface area contributed by atoms with Gasteiger partial charge in [0.25, 0.3) is 0 Å². The molecule has 0 aliphatic heterocycles. The van der Waals surface area contributed by atoms with Crippen LogP contribution in [0, 0.1) is 0 Å². The van der Waals surface area contributed by atoms with E-state index in [4.69, 9.17) is 0 Å². The van der Waals surface area contributed by atoms with Crippen LogP contribution in [0.2, 0.25) is 0 Å². The van der Waals surface area contributed by atoms with Gasteiger partial charge in [-0.15, -0.1) is 11.3 Å². The van der Waals surface area contributed by atoms with E-state index in [9.17, 15) is 0 Å². The molecule has 0 saturated carbocycles. The highest BCUT2D eigenvalue weighted by molar-refractivity contribution is 7.15. The first-order chi connectivity index (χ1) is 8.69. The largest absolute Gasteiger partial charge is 0.310 e. The number of benzene rings is 1. The molecule has 0 amide bonds. The van der Waals surface area contributed by atoms with Crippen LogP contribution in [0.1, 0.15) is 31.2 Å². The van der Waals surface area contributed by atoms with Gasteiger partial charge in [0.2, 0.25) is 0 Å². The Morgan fingerprint density at radius 3 is 2.56 bits per heavy atom. The first-order valence-corrected chi connectivity index (χ1v) is 7.28. The summed E-state index contributed by atoms with van der Waals surface area (Å²) in [4.78, 5) is 5.79. The molecule has 2 aromatic rings. The first kappa shape index (κ1) is 13.2. The highest BCUT2D eigenvalue weighted by Crippen LogP contribution is 2.25. The lowest BCUT2D eigenvalue weighted by Crippen LogP contribution is -2.21. The minimum Gasteiger partial charge on any atom is -0.310 e. The quantitative estimate of drug-likeness (QED) is 0.882. The summed E-state index contributed by atoms with van der Waals surface area (Å²) in [6.07, 6.45) is 3.06. The van der Waals surface area contributed by atoms with Crippen LogP contribution >= 0.6 is 11.3 Å². The van der Waals surface area contributed by atoms with Gasteiger partial charge in [0, 0.05) is 29.2 Å². The van der Waals surface area contributed by atoms with Gasteiger partial charge in [-0.1, -0.05) is 45.0 Å². The smallest absolute Gasteiger partial charge is 0.123 e. The van der Waals surface area contributed by atoms with Gasteiger partial charge in [0.15, 0.2) is 0 Å². The second kappa shape index (κ2) is 6.12. The molecule has 96 valence electrons. The molecule has 1 N–H and O–H groups in total. The van der Waals surface area contributed by atoms with Crippen LogP contribution in [-0.2, 0) is 13.0 Å². The zero-order valence-corrected chi connectivity index (χ0v) is 12.1. The Balaban J connectivity index is 2.08. The van der Waals surface area contributed by atoms with Gasteiger partial charge in [0.1, 0.15) is 5.01 Å². The molecule has 0 saturated heterocycles. The summed E-state index contributed by atoms with van der Waals surface area (Å²) in [5.41, 5.74) is 2.59. The number of aryl methyl sites for hydroxylation is 1. The van der Waals surface area contributed by atoms with Gasteiger partial charge in [0.05, 0.1) is 0 Å². The Morgan fingerprint density at radius 2 is 1.94 bits per heavy atom. The number of rotatable bonds is 5. The van der Waals surface area contributed by atoms with Crippen LogP contribution in [0.25, 0.3) is 10.6 Å². The number of hydrogen-bond donors (Lipinski definition) is 1. The molecular formula is C15H20N2S. The fraction of sp³-hybridized carbons (Fsp3) is 0.400. The van der Waals surface area contributed by atoms with Crippen molar-refractivity contribution in [3.05, 3.63) is 40.9 Å². The van der Waals surface area contributed by atoms with Crippen molar-refractivity contribution in [2.45, 2.75) is 39.8 Å². The topological polar surface area (TPSA) is 24.9 Å². The molecule has 3 heteroatoms. The molecule has 1 heterocycles. The Labute approximate surface area is 113 Å². The SMILES string of the molecule is CCc1ccc(-c2ncc(CNC(C)C)s2)cc1. The van der Waals surface area contributed by atoms with E-state index in [0.29, 0.717) is 6.04 Å². The van der Waals surface area contributed by atoms with Gasteiger partial charge in [-0.3, -0.25) is 0 Å². The van der Waals surface area contributed by atoms with Gasteiger partial charge in [-0.05, 0) is 12.0 Å². The lowest BCUT2D eigenvalue weighted by Gasteiger charge is -2.04. The van der Waals surface area contributed by atoms with Gasteiger partial charge in [-0.25, -0.2) is 4.98 Å². The molecular weight excluding hydrogens is 240 g/mol. The van der Waals surface area contributed by atoms with E-state index in [0.717, 1.165) is 18.0 Å². The molecule has 0 spiro atoms. The van der Waals surface area contributed by atoms with Crippen molar-refractivity contribution >= 4 is 11.3 Å². The molecule has 0 aliphatic rings. The van der Waals surface area contributed by atoms with Crippen molar-refractivity contribution in [1.29, 1.82) is 0 Å². The Morgan fingerprint density at radius 1 is 1.22 bits per heavy atom. The highest BCUT2D eigenvalue weighted by Gasteiger charge is 2.05. The number of nitrogens with zero attached hydrogens (tertiary/aromatic N) is 1. The standard InChI is InChI=1S/C15H20N2S/c1-4-12-5-7-13(8-6-12)15-17-10-14(18-15)9-16-11(2)3/h5-8,10-11,16H,4,9H2,1-3H3. The molecule has 2 nitrogen and oxygen atoms in total. The van der Waals surface area contributed by atoms with Crippen molar-refractivity contribution in [2.75, 3.05) is 0 Å². The Bertz CT molecular complexity index is 485. The van der Waals surface area contributed by atoms with Crippen LogP contribution in [-0.4, -0.2) is 11.0 Å². The zero-order chi connectivity index (χ0) is 13.0. The van der Waals surface area contributed by atoms with E-state index in [-0.39, 0.29) is 0 Å². The van der Waals surface area contributed by atoms with Crippen molar-refractivity contribution < 1.29 is 0 Å². The third kappa shape index (κ3) is 3.40. The summed E-state index contributed by atoms with van der Waals surface area (Å²) in [7, 11) is 0. The summed E-state index contributed by atoms with van der Waals surface area (Å²) in [6.45, 7) is 7.40. The molecule has 2 rings (SSSR count). The highest BCUT2D eigenvalue weighted by atomic mass is 32.1. The average Bonchev–Trinajstić information content (AvgIpc) is 2.85. The third-order valence-electron chi connectivity index (χ3n) is 2.85. The van der Waals surface area contributed by atoms with E-state index >= 15 is 0 Å². The maximum absolute atomic E-state index is 4.50. The second-order valence-corrected chi connectivity index (χ2v) is 5.83. The lowest BCUT2D eigenvalue weighted by molar-refractivity contribution is 0.593. The molecule has 0 bridgehead atoms. The predicted octanol–water partition coefficient (Wildman–Crippen LogP) is 3.87. The van der Waals surface area contributed by atoms with E-state index in [1.807, 2.05) is 6.20 Å². The zero-order valence-electron chi connectivity index (χ0n) is 11.2. The normalized spacial score (nSPS) is 11.1. The van der Waals surface area contributed by atoms with Crippen LogP contribution < -0.4 is 5.32 Å². The van der Waals surface area contributed by atoms with Crippen LogP contribution in [0.5, 0.6) is 0 Å². The van der Waals surface area contributed by atoms with Crippen LogP contribution in [0.3, 0.4) is 0 Å². The molecule has 18 heavy (non-hydrogen) atoms. The maximum Gasteiger partial charge on any atom is 0.123 e.